The maximum atomic E-state index is 11.7. The van der Waals surface area contributed by atoms with E-state index in [1.807, 2.05) is 23.1 Å². The molecule has 1 N–H and O–H groups in total. The lowest BCUT2D eigenvalue weighted by atomic mass is 10.1. The van der Waals surface area contributed by atoms with E-state index in [-0.39, 0.29) is 18.0 Å². The van der Waals surface area contributed by atoms with Crippen molar-refractivity contribution < 1.29 is 9.53 Å². The minimum Gasteiger partial charge on any atom is -0.383 e. The molecule has 1 aliphatic heterocycles. The molecule has 1 fully saturated rings. The molecule has 1 aromatic rings. The van der Waals surface area contributed by atoms with Crippen LogP contribution in [0.1, 0.15) is 31.4 Å². The van der Waals surface area contributed by atoms with Crippen molar-refractivity contribution in [1.29, 1.82) is 0 Å². The van der Waals surface area contributed by atoms with Gasteiger partial charge in [-0.3, -0.25) is 4.79 Å². The first-order valence-electron chi connectivity index (χ1n) is 7.28. The summed E-state index contributed by atoms with van der Waals surface area (Å²) in [5, 5.41) is 3.56. The number of carbonyl (C=O) groups is 1. The lowest BCUT2D eigenvalue weighted by Crippen LogP contribution is -2.42. The summed E-state index contributed by atoms with van der Waals surface area (Å²) in [6.45, 7) is 4.41. The van der Waals surface area contributed by atoms with Crippen LogP contribution in [0.2, 0.25) is 0 Å². The fourth-order valence-corrected chi connectivity index (χ4v) is 2.72. The number of carbonyl (C=O) groups excluding carboxylic acids is 1. The molecule has 110 valence electrons. The Bertz CT molecular complexity index is 422. The second-order valence-electron chi connectivity index (χ2n) is 5.43. The van der Waals surface area contributed by atoms with Gasteiger partial charge in [-0.1, -0.05) is 30.3 Å². The average molecular weight is 276 g/mol. The van der Waals surface area contributed by atoms with Gasteiger partial charge in [0.2, 0.25) is 5.91 Å². The number of amides is 1. The Labute approximate surface area is 121 Å². The minimum atomic E-state index is 0.161. The second kappa shape index (κ2) is 7.41. The monoisotopic (exact) mass is 276 g/mol. The van der Waals surface area contributed by atoms with Crippen LogP contribution in [0.3, 0.4) is 0 Å². The molecule has 1 saturated heterocycles. The lowest BCUT2D eigenvalue weighted by molar-refractivity contribution is -0.128. The fourth-order valence-electron chi connectivity index (χ4n) is 2.72. The minimum absolute atomic E-state index is 0.161. The summed E-state index contributed by atoms with van der Waals surface area (Å²) in [5.74, 6) is 0.279. The van der Waals surface area contributed by atoms with E-state index in [9.17, 15) is 4.79 Å². The summed E-state index contributed by atoms with van der Waals surface area (Å²) in [7, 11) is 1.71. The highest BCUT2D eigenvalue weighted by Crippen LogP contribution is 2.15. The maximum Gasteiger partial charge on any atom is 0.222 e. The van der Waals surface area contributed by atoms with Crippen LogP contribution in [0.15, 0.2) is 30.3 Å². The van der Waals surface area contributed by atoms with E-state index in [2.05, 4.69) is 24.4 Å². The first-order valence-corrected chi connectivity index (χ1v) is 7.28. The van der Waals surface area contributed by atoms with E-state index >= 15 is 0 Å². The molecule has 0 aromatic heterocycles. The largest absolute Gasteiger partial charge is 0.383 e. The third-order valence-electron chi connectivity index (χ3n) is 3.69. The molecule has 0 bridgehead atoms. The van der Waals surface area contributed by atoms with Crippen molar-refractivity contribution >= 4 is 5.91 Å². The number of nitrogens with zero attached hydrogens (tertiary/aromatic N) is 1. The van der Waals surface area contributed by atoms with Gasteiger partial charge in [-0.15, -0.1) is 0 Å². The van der Waals surface area contributed by atoms with Crippen molar-refractivity contribution in [2.75, 3.05) is 26.8 Å². The molecule has 0 saturated carbocycles. The van der Waals surface area contributed by atoms with E-state index in [1.165, 1.54) is 5.56 Å². The molecule has 2 rings (SSSR count). The first-order chi connectivity index (χ1) is 9.70. The average Bonchev–Trinajstić information content (AvgIpc) is 2.85. The highest BCUT2D eigenvalue weighted by Gasteiger charge is 2.23. The van der Waals surface area contributed by atoms with Gasteiger partial charge in [0.15, 0.2) is 0 Å². The standard InChI is InChI=1S/C16H24N2O2/c1-13(11-18-10-6-9-16(18)19)17-15(12-20-2)14-7-4-3-5-8-14/h3-5,7-8,13,15,17H,6,9-12H2,1-2H3. The van der Waals surface area contributed by atoms with Crippen LogP contribution in [0.25, 0.3) is 0 Å². The molecule has 4 nitrogen and oxygen atoms in total. The summed E-state index contributed by atoms with van der Waals surface area (Å²) in [4.78, 5) is 13.6. The van der Waals surface area contributed by atoms with E-state index < -0.39 is 0 Å². The number of hydrogen-bond donors (Lipinski definition) is 1. The highest BCUT2D eigenvalue weighted by atomic mass is 16.5. The van der Waals surface area contributed by atoms with Gasteiger partial charge in [0.25, 0.3) is 0 Å². The Morgan fingerprint density at radius 2 is 2.10 bits per heavy atom. The van der Waals surface area contributed by atoms with E-state index in [1.54, 1.807) is 7.11 Å². The van der Waals surface area contributed by atoms with Gasteiger partial charge < -0.3 is 15.0 Å². The smallest absolute Gasteiger partial charge is 0.222 e. The van der Waals surface area contributed by atoms with Gasteiger partial charge in [0, 0.05) is 32.7 Å². The predicted molar refractivity (Wildman–Crippen MR) is 79.5 cm³/mol. The van der Waals surface area contributed by atoms with Crippen molar-refractivity contribution in [1.82, 2.24) is 10.2 Å². The maximum absolute atomic E-state index is 11.7. The molecule has 1 amide bonds. The molecule has 0 spiro atoms. The summed E-state index contributed by atoms with van der Waals surface area (Å²) in [6.07, 6.45) is 1.69. The van der Waals surface area contributed by atoms with Crippen LogP contribution in [-0.2, 0) is 9.53 Å². The number of ether oxygens (including phenoxy) is 1. The highest BCUT2D eigenvalue weighted by molar-refractivity contribution is 5.78. The molecule has 2 atom stereocenters. The summed E-state index contributed by atoms with van der Waals surface area (Å²) in [5.41, 5.74) is 1.22. The third-order valence-corrected chi connectivity index (χ3v) is 3.69. The van der Waals surface area contributed by atoms with Crippen molar-refractivity contribution in [3.63, 3.8) is 0 Å². The summed E-state index contributed by atoms with van der Waals surface area (Å²) >= 11 is 0. The Hall–Kier alpha value is -1.39. The summed E-state index contributed by atoms with van der Waals surface area (Å²) < 4.78 is 5.31. The van der Waals surface area contributed by atoms with E-state index in [4.69, 9.17) is 4.74 Å². The molecule has 20 heavy (non-hydrogen) atoms. The number of likely N-dealkylation sites (tertiary alicyclic amines) is 1. The van der Waals surface area contributed by atoms with Crippen molar-refractivity contribution in [2.24, 2.45) is 0 Å². The van der Waals surface area contributed by atoms with Gasteiger partial charge in [-0.2, -0.15) is 0 Å². The molecular formula is C16H24N2O2. The van der Waals surface area contributed by atoms with Crippen molar-refractivity contribution in [3.8, 4) is 0 Å². The van der Waals surface area contributed by atoms with Crippen LogP contribution in [-0.4, -0.2) is 43.7 Å². The number of benzene rings is 1. The van der Waals surface area contributed by atoms with Crippen molar-refractivity contribution in [2.45, 2.75) is 31.8 Å². The molecule has 0 radical (unpaired) electrons. The number of rotatable bonds is 7. The Morgan fingerprint density at radius 3 is 2.70 bits per heavy atom. The van der Waals surface area contributed by atoms with Crippen molar-refractivity contribution in [3.05, 3.63) is 35.9 Å². The quantitative estimate of drug-likeness (QED) is 0.828. The SMILES string of the molecule is COCC(NC(C)CN1CCCC1=O)c1ccccc1. The molecule has 0 aliphatic carbocycles. The zero-order valence-corrected chi connectivity index (χ0v) is 12.3. The van der Waals surface area contributed by atoms with Crippen LogP contribution in [0, 0.1) is 0 Å². The third kappa shape index (κ3) is 4.05. The number of methoxy groups -OCH3 is 1. The fraction of sp³-hybridized carbons (Fsp3) is 0.562. The molecule has 4 heteroatoms. The number of nitrogens with one attached hydrogen (secondary N) is 1. The zero-order chi connectivity index (χ0) is 14.4. The predicted octanol–water partition coefficient (Wildman–Crippen LogP) is 1.97. The lowest BCUT2D eigenvalue weighted by Gasteiger charge is -2.26. The van der Waals surface area contributed by atoms with Crippen LogP contribution in [0.5, 0.6) is 0 Å². The second-order valence-corrected chi connectivity index (χ2v) is 5.43. The van der Waals surface area contributed by atoms with Gasteiger partial charge in [-0.25, -0.2) is 0 Å². The van der Waals surface area contributed by atoms with Gasteiger partial charge in [0.1, 0.15) is 0 Å². The molecule has 1 heterocycles. The molecule has 1 aliphatic rings. The van der Waals surface area contributed by atoms with Gasteiger partial charge in [-0.05, 0) is 18.9 Å². The van der Waals surface area contributed by atoms with E-state index in [0.29, 0.717) is 13.0 Å². The Morgan fingerprint density at radius 1 is 1.35 bits per heavy atom. The van der Waals surface area contributed by atoms with Crippen LogP contribution >= 0.6 is 0 Å². The Kier molecular flexibility index (Phi) is 5.56. The van der Waals surface area contributed by atoms with Gasteiger partial charge in [0.05, 0.1) is 12.6 Å². The molecule has 1 aromatic carbocycles. The molecular weight excluding hydrogens is 252 g/mol. The summed E-state index contributed by atoms with van der Waals surface area (Å²) in [6, 6.07) is 10.7. The normalized spacial score (nSPS) is 18.3. The zero-order valence-electron chi connectivity index (χ0n) is 12.3. The van der Waals surface area contributed by atoms with Crippen LogP contribution in [0.4, 0.5) is 0 Å². The topological polar surface area (TPSA) is 41.6 Å². The van der Waals surface area contributed by atoms with Crippen LogP contribution < -0.4 is 5.32 Å². The first kappa shape index (κ1) is 15.0. The Balaban J connectivity index is 1.92. The number of hydrogen-bond acceptors (Lipinski definition) is 3. The van der Waals surface area contributed by atoms with Gasteiger partial charge >= 0.3 is 0 Å². The molecule has 2 unspecified atom stereocenters. The van der Waals surface area contributed by atoms with E-state index in [0.717, 1.165) is 19.5 Å².